The van der Waals surface area contributed by atoms with Crippen molar-refractivity contribution < 1.29 is 24.0 Å². The van der Waals surface area contributed by atoms with Crippen LogP contribution < -0.4 is 19.7 Å². The number of rotatable bonds is 5. The average molecular weight is 371 g/mol. The standard InChI is InChI=1S/C18H17N3O6/c1-11-3-5-13-16(7-11)27-18(23)10-20(13)9-17(22)19-12-4-6-15(26-2)14(8-12)21(24)25/h3-8H,9-10H2,1-2H3,(H,19,22). The van der Waals surface area contributed by atoms with Crippen LogP contribution in [-0.4, -0.2) is 37.0 Å². The molecule has 0 aliphatic carbocycles. The molecule has 2 aromatic rings. The van der Waals surface area contributed by atoms with Crippen molar-refractivity contribution >= 4 is 28.9 Å². The summed E-state index contributed by atoms with van der Waals surface area (Å²) in [6.07, 6.45) is 0. The third-order valence-electron chi connectivity index (χ3n) is 3.99. The molecule has 3 rings (SSSR count). The van der Waals surface area contributed by atoms with Gasteiger partial charge in [-0.2, -0.15) is 0 Å². The molecule has 0 radical (unpaired) electrons. The molecule has 0 saturated heterocycles. The summed E-state index contributed by atoms with van der Waals surface area (Å²) >= 11 is 0. The summed E-state index contributed by atoms with van der Waals surface area (Å²) < 4.78 is 10.1. The summed E-state index contributed by atoms with van der Waals surface area (Å²) in [5.74, 6) is -0.378. The fraction of sp³-hybridized carbons (Fsp3) is 0.222. The van der Waals surface area contributed by atoms with Gasteiger partial charge in [-0.3, -0.25) is 14.9 Å². The minimum atomic E-state index is -0.590. The van der Waals surface area contributed by atoms with Crippen LogP contribution in [0.4, 0.5) is 17.1 Å². The van der Waals surface area contributed by atoms with Gasteiger partial charge in [0, 0.05) is 11.8 Å². The van der Waals surface area contributed by atoms with Crippen LogP contribution in [0.3, 0.4) is 0 Å². The van der Waals surface area contributed by atoms with Crippen molar-refractivity contribution in [1.29, 1.82) is 0 Å². The molecule has 1 aliphatic heterocycles. The first-order valence-corrected chi connectivity index (χ1v) is 8.06. The van der Waals surface area contributed by atoms with E-state index in [2.05, 4.69) is 5.32 Å². The third-order valence-corrected chi connectivity index (χ3v) is 3.99. The lowest BCUT2D eigenvalue weighted by molar-refractivity contribution is -0.385. The van der Waals surface area contributed by atoms with Gasteiger partial charge in [0.25, 0.3) is 0 Å². The normalized spacial score (nSPS) is 12.8. The van der Waals surface area contributed by atoms with Crippen LogP contribution >= 0.6 is 0 Å². The maximum atomic E-state index is 12.4. The lowest BCUT2D eigenvalue weighted by Gasteiger charge is -2.29. The van der Waals surface area contributed by atoms with E-state index in [-0.39, 0.29) is 30.2 Å². The molecule has 2 aromatic carbocycles. The number of nitro groups is 1. The Morgan fingerprint density at radius 1 is 1.33 bits per heavy atom. The van der Waals surface area contributed by atoms with Crippen LogP contribution in [-0.2, 0) is 9.59 Å². The number of hydrogen-bond acceptors (Lipinski definition) is 7. The van der Waals surface area contributed by atoms with Crippen molar-refractivity contribution in [2.24, 2.45) is 0 Å². The van der Waals surface area contributed by atoms with Crippen LogP contribution in [0.15, 0.2) is 36.4 Å². The van der Waals surface area contributed by atoms with E-state index in [1.54, 1.807) is 17.0 Å². The number of amides is 1. The van der Waals surface area contributed by atoms with Gasteiger partial charge in [0.2, 0.25) is 5.91 Å². The second-order valence-corrected chi connectivity index (χ2v) is 5.99. The van der Waals surface area contributed by atoms with E-state index in [4.69, 9.17) is 9.47 Å². The van der Waals surface area contributed by atoms with E-state index in [1.807, 2.05) is 13.0 Å². The summed E-state index contributed by atoms with van der Waals surface area (Å²) in [7, 11) is 1.33. The molecule has 9 heteroatoms. The van der Waals surface area contributed by atoms with Crippen molar-refractivity contribution in [2.45, 2.75) is 6.92 Å². The Kier molecular flexibility index (Phi) is 4.93. The molecular weight excluding hydrogens is 354 g/mol. The second-order valence-electron chi connectivity index (χ2n) is 5.99. The minimum Gasteiger partial charge on any atom is -0.490 e. The third kappa shape index (κ3) is 3.97. The number of ether oxygens (including phenoxy) is 2. The summed E-state index contributed by atoms with van der Waals surface area (Å²) in [5.41, 5.74) is 1.57. The fourth-order valence-electron chi connectivity index (χ4n) is 2.79. The molecule has 1 amide bonds. The summed E-state index contributed by atoms with van der Waals surface area (Å²) in [6.45, 7) is 1.70. The van der Waals surface area contributed by atoms with Crippen LogP contribution in [0.2, 0.25) is 0 Å². The molecule has 1 heterocycles. The Morgan fingerprint density at radius 2 is 2.11 bits per heavy atom. The van der Waals surface area contributed by atoms with Crippen molar-refractivity contribution in [2.75, 3.05) is 30.4 Å². The summed E-state index contributed by atoms with van der Waals surface area (Å²) in [6, 6.07) is 9.50. The van der Waals surface area contributed by atoms with Gasteiger partial charge < -0.3 is 19.7 Å². The number of hydrogen-bond donors (Lipinski definition) is 1. The molecule has 140 valence electrons. The van der Waals surface area contributed by atoms with Gasteiger partial charge in [-0.05, 0) is 36.8 Å². The van der Waals surface area contributed by atoms with Crippen LogP contribution in [0.1, 0.15) is 5.56 Å². The van der Waals surface area contributed by atoms with E-state index < -0.39 is 16.8 Å². The molecule has 0 bridgehead atoms. The minimum absolute atomic E-state index is 0.0633. The van der Waals surface area contributed by atoms with Crippen LogP contribution in [0, 0.1) is 17.0 Å². The Balaban J connectivity index is 1.76. The second kappa shape index (κ2) is 7.32. The highest BCUT2D eigenvalue weighted by atomic mass is 16.6. The van der Waals surface area contributed by atoms with E-state index in [0.717, 1.165) is 5.56 Å². The predicted octanol–water partition coefficient (Wildman–Crippen LogP) is 2.28. The highest BCUT2D eigenvalue weighted by molar-refractivity contribution is 5.96. The van der Waals surface area contributed by atoms with Crippen LogP contribution in [0.5, 0.6) is 11.5 Å². The van der Waals surface area contributed by atoms with Crippen LogP contribution in [0.25, 0.3) is 0 Å². The number of methoxy groups -OCH3 is 1. The lowest BCUT2D eigenvalue weighted by atomic mass is 10.1. The molecule has 1 N–H and O–H groups in total. The van der Waals surface area contributed by atoms with E-state index in [9.17, 15) is 19.7 Å². The fourth-order valence-corrected chi connectivity index (χ4v) is 2.79. The summed E-state index contributed by atoms with van der Waals surface area (Å²) in [4.78, 5) is 36.3. The van der Waals surface area contributed by atoms with E-state index >= 15 is 0 Å². The molecule has 0 spiro atoms. The number of esters is 1. The SMILES string of the molecule is COc1ccc(NC(=O)CN2CC(=O)Oc3cc(C)ccc32)cc1[N+](=O)[O-]. The van der Waals surface area contributed by atoms with Gasteiger partial charge in [0.15, 0.2) is 11.5 Å². The van der Waals surface area contributed by atoms with Gasteiger partial charge >= 0.3 is 11.7 Å². The molecule has 1 aliphatic rings. The maximum Gasteiger partial charge on any atom is 0.331 e. The number of aryl methyl sites for hydroxylation is 1. The number of nitrogens with one attached hydrogen (secondary N) is 1. The largest absolute Gasteiger partial charge is 0.490 e. The van der Waals surface area contributed by atoms with Gasteiger partial charge in [0.05, 0.1) is 24.3 Å². The number of carbonyl (C=O) groups is 2. The van der Waals surface area contributed by atoms with Gasteiger partial charge in [-0.1, -0.05) is 6.07 Å². The molecule has 0 unspecified atom stereocenters. The van der Waals surface area contributed by atoms with Gasteiger partial charge in [-0.15, -0.1) is 0 Å². The van der Waals surface area contributed by atoms with Crippen molar-refractivity contribution in [3.8, 4) is 11.5 Å². The van der Waals surface area contributed by atoms with Gasteiger partial charge in [-0.25, -0.2) is 4.79 Å². The number of anilines is 2. The number of carbonyl (C=O) groups excluding carboxylic acids is 2. The maximum absolute atomic E-state index is 12.4. The highest BCUT2D eigenvalue weighted by Gasteiger charge is 2.26. The first-order chi connectivity index (χ1) is 12.9. The highest BCUT2D eigenvalue weighted by Crippen LogP contribution is 2.33. The average Bonchev–Trinajstić information content (AvgIpc) is 2.60. The smallest absolute Gasteiger partial charge is 0.331 e. The molecular formula is C18H17N3O6. The van der Waals surface area contributed by atoms with Gasteiger partial charge in [0.1, 0.15) is 6.54 Å². The molecule has 0 atom stereocenters. The van der Waals surface area contributed by atoms with Crippen molar-refractivity contribution in [3.63, 3.8) is 0 Å². The van der Waals surface area contributed by atoms with Crippen molar-refractivity contribution in [1.82, 2.24) is 0 Å². The lowest BCUT2D eigenvalue weighted by Crippen LogP contribution is -2.41. The Bertz CT molecular complexity index is 927. The topological polar surface area (TPSA) is 111 Å². The Morgan fingerprint density at radius 3 is 2.81 bits per heavy atom. The predicted molar refractivity (Wildman–Crippen MR) is 97.3 cm³/mol. The number of nitrogens with zero attached hydrogens (tertiary/aromatic N) is 2. The summed E-state index contributed by atoms with van der Waals surface area (Å²) in [5, 5.41) is 13.7. The Hall–Kier alpha value is -3.62. The quantitative estimate of drug-likeness (QED) is 0.371. The zero-order valence-electron chi connectivity index (χ0n) is 14.7. The molecule has 9 nitrogen and oxygen atoms in total. The molecule has 0 aromatic heterocycles. The molecule has 0 saturated carbocycles. The van der Waals surface area contributed by atoms with Crippen molar-refractivity contribution in [3.05, 3.63) is 52.1 Å². The number of benzene rings is 2. The number of fused-ring (bicyclic) bond motifs is 1. The van der Waals surface area contributed by atoms with E-state index in [1.165, 1.54) is 25.3 Å². The monoisotopic (exact) mass is 371 g/mol. The number of nitro benzene ring substituents is 1. The Labute approximate surface area is 154 Å². The first kappa shape index (κ1) is 18.2. The zero-order chi connectivity index (χ0) is 19.6. The molecule has 0 fully saturated rings. The molecule has 27 heavy (non-hydrogen) atoms. The van der Waals surface area contributed by atoms with E-state index in [0.29, 0.717) is 11.4 Å². The zero-order valence-corrected chi connectivity index (χ0v) is 14.7. The first-order valence-electron chi connectivity index (χ1n) is 8.06.